The molecule has 0 aliphatic rings. The number of likely N-dealkylation sites (N-methyl/N-ethyl adjacent to an activating group) is 1. The average molecular weight is 269 g/mol. The molecule has 0 saturated heterocycles. The Morgan fingerprint density at radius 1 is 1.22 bits per heavy atom. The van der Waals surface area contributed by atoms with Gasteiger partial charge in [0.15, 0.2) is 0 Å². The van der Waals surface area contributed by atoms with E-state index in [1.165, 1.54) is 5.56 Å². The topological polar surface area (TPSA) is 15.3 Å². The Hall–Kier alpha value is -0.570. The highest BCUT2D eigenvalue weighted by atomic mass is 35.5. The van der Waals surface area contributed by atoms with Crippen molar-refractivity contribution < 1.29 is 0 Å². The molecule has 3 heteroatoms. The van der Waals surface area contributed by atoms with Crippen LogP contribution in [0.25, 0.3) is 0 Å². The summed E-state index contributed by atoms with van der Waals surface area (Å²) in [5.41, 5.74) is 1.49. The highest BCUT2D eigenvalue weighted by Crippen LogP contribution is 2.20. The lowest BCUT2D eigenvalue weighted by Gasteiger charge is -2.27. The molecule has 1 atom stereocenters. The van der Waals surface area contributed by atoms with Crippen molar-refractivity contribution in [3.63, 3.8) is 0 Å². The monoisotopic (exact) mass is 268 g/mol. The molecule has 1 aromatic rings. The quantitative estimate of drug-likeness (QED) is 0.876. The Morgan fingerprint density at radius 3 is 2.28 bits per heavy atom. The molecule has 2 nitrogen and oxygen atoms in total. The fraction of sp³-hybridized carbons (Fsp3) is 0.600. The smallest absolute Gasteiger partial charge is 0.0406 e. The number of rotatable bonds is 5. The molecule has 1 N–H and O–H groups in total. The van der Waals surface area contributed by atoms with Gasteiger partial charge in [0.1, 0.15) is 0 Å². The SMILES string of the molecule is CC(c1ccc(Cl)cc1)N(C)CCNC(C)(C)C. The molecule has 0 amide bonds. The summed E-state index contributed by atoms with van der Waals surface area (Å²) in [6.07, 6.45) is 0. The lowest BCUT2D eigenvalue weighted by atomic mass is 10.1. The summed E-state index contributed by atoms with van der Waals surface area (Å²) in [7, 11) is 2.16. The molecule has 1 rings (SSSR count). The molecule has 0 radical (unpaired) electrons. The first kappa shape index (κ1) is 15.5. The Labute approximate surface area is 116 Å². The van der Waals surface area contributed by atoms with Crippen LogP contribution in [0.3, 0.4) is 0 Å². The highest BCUT2D eigenvalue weighted by molar-refractivity contribution is 6.30. The van der Waals surface area contributed by atoms with Gasteiger partial charge in [-0.05, 0) is 52.4 Å². The van der Waals surface area contributed by atoms with Gasteiger partial charge in [-0.2, -0.15) is 0 Å². The summed E-state index contributed by atoms with van der Waals surface area (Å²) in [5, 5.41) is 4.30. The Balaban J connectivity index is 2.46. The van der Waals surface area contributed by atoms with Crippen molar-refractivity contribution in [2.24, 2.45) is 0 Å². The highest BCUT2D eigenvalue weighted by Gasteiger charge is 2.13. The average Bonchev–Trinajstić information content (AvgIpc) is 2.27. The molecule has 0 saturated carbocycles. The molecule has 18 heavy (non-hydrogen) atoms. The summed E-state index contributed by atoms with van der Waals surface area (Å²) in [5.74, 6) is 0. The van der Waals surface area contributed by atoms with E-state index in [4.69, 9.17) is 11.6 Å². The maximum Gasteiger partial charge on any atom is 0.0406 e. The molecule has 0 aliphatic carbocycles. The van der Waals surface area contributed by atoms with Gasteiger partial charge in [0.05, 0.1) is 0 Å². The third-order valence-electron chi connectivity index (χ3n) is 3.13. The van der Waals surface area contributed by atoms with Crippen LogP contribution in [0.4, 0.5) is 0 Å². The van der Waals surface area contributed by atoms with Gasteiger partial charge in [-0.3, -0.25) is 4.90 Å². The lowest BCUT2D eigenvalue weighted by Crippen LogP contribution is -2.41. The van der Waals surface area contributed by atoms with Crippen LogP contribution in [0.1, 0.15) is 39.3 Å². The van der Waals surface area contributed by atoms with Gasteiger partial charge in [0.25, 0.3) is 0 Å². The summed E-state index contributed by atoms with van der Waals surface area (Å²) >= 11 is 5.91. The first-order chi connectivity index (χ1) is 8.29. The van der Waals surface area contributed by atoms with E-state index in [0.717, 1.165) is 18.1 Å². The summed E-state index contributed by atoms with van der Waals surface area (Å²) in [4.78, 5) is 2.35. The second-order valence-electron chi connectivity index (χ2n) is 5.88. The van der Waals surface area contributed by atoms with Crippen LogP contribution < -0.4 is 5.32 Å². The minimum Gasteiger partial charge on any atom is -0.311 e. The van der Waals surface area contributed by atoms with E-state index in [1.54, 1.807) is 0 Å². The van der Waals surface area contributed by atoms with Crippen LogP contribution in [-0.4, -0.2) is 30.6 Å². The minimum absolute atomic E-state index is 0.185. The molecule has 0 aliphatic heterocycles. The molecule has 0 fully saturated rings. The van der Waals surface area contributed by atoms with Crippen LogP contribution >= 0.6 is 11.6 Å². The Bertz CT molecular complexity index is 354. The number of hydrogen-bond donors (Lipinski definition) is 1. The van der Waals surface area contributed by atoms with Gasteiger partial charge in [-0.25, -0.2) is 0 Å². The molecule has 0 heterocycles. The van der Waals surface area contributed by atoms with Crippen molar-refractivity contribution in [2.45, 2.75) is 39.3 Å². The molecule has 1 unspecified atom stereocenters. The maximum atomic E-state index is 5.91. The summed E-state index contributed by atoms with van der Waals surface area (Å²) < 4.78 is 0. The van der Waals surface area contributed by atoms with Crippen LogP contribution in [-0.2, 0) is 0 Å². The first-order valence-electron chi connectivity index (χ1n) is 6.50. The zero-order valence-electron chi connectivity index (χ0n) is 12.1. The van der Waals surface area contributed by atoms with E-state index in [9.17, 15) is 0 Å². The summed E-state index contributed by atoms with van der Waals surface area (Å²) in [6, 6.07) is 8.51. The van der Waals surface area contributed by atoms with Crippen molar-refractivity contribution in [1.29, 1.82) is 0 Å². The molecule has 0 bridgehead atoms. The fourth-order valence-electron chi connectivity index (χ4n) is 1.80. The zero-order chi connectivity index (χ0) is 13.8. The van der Waals surface area contributed by atoms with Crippen LogP contribution in [0.5, 0.6) is 0 Å². The molecule has 0 aromatic heterocycles. The van der Waals surface area contributed by atoms with Crippen molar-refractivity contribution in [1.82, 2.24) is 10.2 Å². The normalized spacial score (nSPS) is 13.9. The summed E-state index contributed by atoms with van der Waals surface area (Å²) in [6.45, 7) is 10.8. The van der Waals surface area contributed by atoms with Crippen molar-refractivity contribution in [2.75, 3.05) is 20.1 Å². The van der Waals surface area contributed by atoms with Gasteiger partial charge < -0.3 is 5.32 Å². The van der Waals surface area contributed by atoms with Crippen LogP contribution in [0.15, 0.2) is 24.3 Å². The van der Waals surface area contributed by atoms with E-state index in [-0.39, 0.29) is 5.54 Å². The first-order valence-corrected chi connectivity index (χ1v) is 6.88. The maximum absolute atomic E-state index is 5.91. The van der Waals surface area contributed by atoms with E-state index in [0.29, 0.717) is 6.04 Å². The lowest BCUT2D eigenvalue weighted by molar-refractivity contribution is 0.250. The predicted molar refractivity (Wildman–Crippen MR) is 80.3 cm³/mol. The van der Waals surface area contributed by atoms with E-state index < -0.39 is 0 Å². The van der Waals surface area contributed by atoms with Gasteiger partial charge >= 0.3 is 0 Å². The fourth-order valence-corrected chi connectivity index (χ4v) is 1.92. The van der Waals surface area contributed by atoms with Crippen molar-refractivity contribution in [3.8, 4) is 0 Å². The number of nitrogens with one attached hydrogen (secondary N) is 1. The van der Waals surface area contributed by atoms with E-state index in [2.05, 4.69) is 57.1 Å². The molecular weight excluding hydrogens is 244 g/mol. The number of hydrogen-bond acceptors (Lipinski definition) is 2. The number of nitrogens with zero attached hydrogens (tertiary/aromatic N) is 1. The van der Waals surface area contributed by atoms with Gasteiger partial charge in [-0.15, -0.1) is 0 Å². The van der Waals surface area contributed by atoms with Crippen LogP contribution in [0, 0.1) is 0 Å². The van der Waals surface area contributed by atoms with Crippen molar-refractivity contribution in [3.05, 3.63) is 34.9 Å². The second kappa shape index (κ2) is 6.55. The number of benzene rings is 1. The molecule has 0 spiro atoms. The van der Waals surface area contributed by atoms with E-state index >= 15 is 0 Å². The standard InChI is InChI=1S/C15H25ClN2/c1-12(13-6-8-14(16)9-7-13)18(5)11-10-17-15(2,3)4/h6-9,12,17H,10-11H2,1-5H3. The Kier molecular flexibility index (Phi) is 5.64. The molecule has 1 aromatic carbocycles. The van der Waals surface area contributed by atoms with E-state index in [1.807, 2.05) is 12.1 Å². The zero-order valence-corrected chi connectivity index (χ0v) is 12.9. The molecular formula is C15H25ClN2. The second-order valence-corrected chi connectivity index (χ2v) is 6.32. The number of halogens is 1. The largest absolute Gasteiger partial charge is 0.311 e. The van der Waals surface area contributed by atoms with Crippen molar-refractivity contribution >= 4 is 11.6 Å². The van der Waals surface area contributed by atoms with Gasteiger partial charge in [-0.1, -0.05) is 23.7 Å². The van der Waals surface area contributed by atoms with Gasteiger partial charge in [0.2, 0.25) is 0 Å². The third kappa shape index (κ3) is 5.38. The molecule has 102 valence electrons. The third-order valence-corrected chi connectivity index (χ3v) is 3.39. The van der Waals surface area contributed by atoms with Gasteiger partial charge in [0, 0.05) is 29.7 Å². The minimum atomic E-state index is 0.185. The van der Waals surface area contributed by atoms with Crippen LogP contribution in [0.2, 0.25) is 5.02 Å². The Morgan fingerprint density at radius 2 is 1.78 bits per heavy atom. The predicted octanol–water partition coefficient (Wildman–Crippen LogP) is 3.72.